The van der Waals surface area contributed by atoms with Crippen LogP contribution in [0.15, 0.2) is 22.7 Å². The van der Waals surface area contributed by atoms with E-state index in [2.05, 4.69) is 10.1 Å². The minimum absolute atomic E-state index is 0.00193. The summed E-state index contributed by atoms with van der Waals surface area (Å²) in [6.07, 6.45) is 1.15. The van der Waals surface area contributed by atoms with Crippen LogP contribution in [-0.4, -0.2) is 40.1 Å². The van der Waals surface area contributed by atoms with Crippen molar-refractivity contribution < 1.29 is 14.1 Å². The molecule has 6 heteroatoms. The van der Waals surface area contributed by atoms with Gasteiger partial charge in [0.15, 0.2) is 0 Å². The molecular weight excluding hydrogens is 294 g/mol. The minimum Gasteiger partial charge on any atom is -0.472 e. The number of amides is 1. The first kappa shape index (κ1) is 15.5. The van der Waals surface area contributed by atoms with Crippen molar-refractivity contribution >= 4 is 5.91 Å². The van der Waals surface area contributed by atoms with Crippen LogP contribution >= 0.6 is 0 Å². The molecule has 1 amide bonds. The second kappa shape index (κ2) is 6.40. The molecular formula is C17H21N3O3. The monoisotopic (exact) mass is 315 g/mol. The fraction of sp³-hybridized carbons (Fsp3) is 0.471. The highest BCUT2D eigenvalue weighted by molar-refractivity contribution is 5.79. The Bertz CT molecular complexity index is 691. The van der Waals surface area contributed by atoms with Gasteiger partial charge >= 0.3 is 0 Å². The van der Waals surface area contributed by atoms with Gasteiger partial charge in [-0.05, 0) is 26.8 Å². The van der Waals surface area contributed by atoms with Crippen molar-refractivity contribution in [2.24, 2.45) is 0 Å². The fourth-order valence-electron chi connectivity index (χ4n) is 2.82. The van der Waals surface area contributed by atoms with E-state index in [-0.39, 0.29) is 12.0 Å². The average Bonchev–Trinajstić information content (AvgIpc) is 3.09. The molecule has 0 spiro atoms. The van der Waals surface area contributed by atoms with Crippen molar-refractivity contribution in [2.45, 2.75) is 39.7 Å². The van der Waals surface area contributed by atoms with Crippen molar-refractivity contribution in [3.8, 4) is 5.88 Å². The van der Waals surface area contributed by atoms with Crippen LogP contribution in [0.1, 0.15) is 29.1 Å². The number of hydrogen-bond donors (Lipinski definition) is 0. The Balaban J connectivity index is 1.58. The third-order valence-corrected chi connectivity index (χ3v) is 4.16. The van der Waals surface area contributed by atoms with Gasteiger partial charge in [-0.15, -0.1) is 0 Å². The number of nitrogens with zero attached hydrogens (tertiary/aromatic N) is 3. The molecule has 3 rings (SSSR count). The molecule has 0 aromatic carbocycles. The van der Waals surface area contributed by atoms with Gasteiger partial charge in [0.05, 0.1) is 18.7 Å². The van der Waals surface area contributed by atoms with Crippen LogP contribution in [0.3, 0.4) is 0 Å². The van der Waals surface area contributed by atoms with E-state index in [0.29, 0.717) is 31.2 Å². The molecule has 0 radical (unpaired) electrons. The summed E-state index contributed by atoms with van der Waals surface area (Å²) in [5, 5.41) is 3.90. The van der Waals surface area contributed by atoms with Gasteiger partial charge in [0.2, 0.25) is 11.8 Å². The summed E-state index contributed by atoms with van der Waals surface area (Å²) in [5.41, 5.74) is 2.60. The number of likely N-dealkylation sites (tertiary alicyclic amines) is 1. The molecule has 122 valence electrons. The van der Waals surface area contributed by atoms with Crippen molar-refractivity contribution in [3.63, 3.8) is 0 Å². The largest absolute Gasteiger partial charge is 0.472 e. The van der Waals surface area contributed by atoms with Crippen molar-refractivity contribution in [3.05, 3.63) is 40.9 Å². The molecule has 1 atom stereocenters. The summed E-state index contributed by atoms with van der Waals surface area (Å²) in [6, 6.07) is 5.70. The fourth-order valence-corrected chi connectivity index (χ4v) is 2.82. The lowest BCUT2D eigenvalue weighted by Gasteiger charge is -2.17. The predicted octanol–water partition coefficient (Wildman–Crippen LogP) is 2.22. The maximum atomic E-state index is 12.5. The van der Waals surface area contributed by atoms with Crippen LogP contribution in [-0.2, 0) is 11.2 Å². The van der Waals surface area contributed by atoms with Crippen molar-refractivity contribution in [1.29, 1.82) is 0 Å². The van der Waals surface area contributed by atoms with E-state index in [1.54, 1.807) is 0 Å². The molecule has 1 aliphatic heterocycles. The average molecular weight is 315 g/mol. The maximum absolute atomic E-state index is 12.5. The van der Waals surface area contributed by atoms with E-state index in [4.69, 9.17) is 9.26 Å². The third-order valence-electron chi connectivity index (χ3n) is 4.16. The molecule has 2 aromatic rings. The Morgan fingerprint density at radius 3 is 2.91 bits per heavy atom. The summed E-state index contributed by atoms with van der Waals surface area (Å²) >= 11 is 0. The van der Waals surface area contributed by atoms with E-state index >= 15 is 0 Å². The van der Waals surface area contributed by atoms with Crippen LogP contribution in [0.5, 0.6) is 5.88 Å². The van der Waals surface area contributed by atoms with E-state index in [1.807, 2.05) is 43.9 Å². The lowest BCUT2D eigenvalue weighted by molar-refractivity contribution is -0.129. The number of ether oxygens (including phenoxy) is 1. The standard InChI is InChI=1S/C17H21N3O3/c1-11-5-4-6-16(18-11)22-14-7-8-20(10-14)17(21)9-15-12(2)19-23-13(15)3/h4-6,14H,7-10H2,1-3H3. The van der Waals surface area contributed by atoms with Gasteiger partial charge in [-0.25, -0.2) is 4.98 Å². The minimum atomic E-state index is -0.00193. The van der Waals surface area contributed by atoms with Crippen LogP contribution in [0.2, 0.25) is 0 Å². The molecule has 2 aromatic heterocycles. The molecule has 0 bridgehead atoms. The number of carbonyl (C=O) groups excluding carboxylic acids is 1. The molecule has 1 unspecified atom stereocenters. The summed E-state index contributed by atoms with van der Waals surface area (Å²) in [5.74, 6) is 1.42. The number of pyridine rings is 1. The topological polar surface area (TPSA) is 68.5 Å². The first-order chi connectivity index (χ1) is 11.0. The van der Waals surface area contributed by atoms with Gasteiger partial charge in [0.25, 0.3) is 0 Å². The highest BCUT2D eigenvalue weighted by atomic mass is 16.5. The highest BCUT2D eigenvalue weighted by Gasteiger charge is 2.28. The Kier molecular flexibility index (Phi) is 4.32. The van der Waals surface area contributed by atoms with Crippen LogP contribution < -0.4 is 4.74 Å². The molecule has 6 nitrogen and oxygen atoms in total. The summed E-state index contributed by atoms with van der Waals surface area (Å²) < 4.78 is 11.0. The number of hydrogen-bond acceptors (Lipinski definition) is 5. The molecule has 3 heterocycles. The second-order valence-corrected chi connectivity index (χ2v) is 5.96. The van der Waals surface area contributed by atoms with E-state index in [1.165, 1.54) is 0 Å². The third kappa shape index (κ3) is 3.52. The Morgan fingerprint density at radius 2 is 2.22 bits per heavy atom. The van der Waals surface area contributed by atoms with Gasteiger partial charge in [-0.3, -0.25) is 4.79 Å². The zero-order valence-electron chi connectivity index (χ0n) is 13.7. The van der Waals surface area contributed by atoms with Gasteiger partial charge < -0.3 is 14.2 Å². The SMILES string of the molecule is Cc1cccc(OC2CCN(C(=O)Cc3c(C)noc3C)C2)n1. The van der Waals surface area contributed by atoms with Crippen molar-refractivity contribution in [1.82, 2.24) is 15.0 Å². The second-order valence-electron chi connectivity index (χ2n) is 5.96. The maximum Gasteiger partial charge on any atom is 0.227 e. The molecule has 0 N–H and O–H groups in total. The first-order valence-electron chi connectivity index (χ1n) is 7.83. The van der Waals surface area contributed by atoms with E-state index in [9.17, 15) is 4.79 Å². The Morgan fingerprint density at radius 1 is 1.39 bits per heavy atom. The van der Waals surface area contributed by atoms with Gasteiger partial charge in [-0.1, -0.05) is 11.2 Å². The Hall–Kier alpha value is -2.37. The molecule has 1 saturated heterocycles. The zero-order chi connectivity index (χ0) is 16.4. The van der Waals surface area contributed by atoms with E-state index < -0.39 is 0 Å². The number of aromatic nitrogens is 2. The molecule has 23 heavy (non-hydrogen) atoms. The van der Waals surface area contributed by atoms with E-state index in [0.717, 1.165) is 23.4 Å². The predicted molar refractivity (Wildman–Crippen MR) is 84.3 cm³/mol. The number of rotatable bonds is 4. The molecule has 1 fully saturated rings. The quantitative estimate of drug-likeness (QED) is 0.865. The molecule has 0 aliphatic carbocycles. The van der Waals surface area contributed by atoms with Crippen LogP contribution in [0.25, 0.3) is 0 Å². The van der Waals surface area contributed by atoms with Gasteiger partial charge in [0, 0.05) is 30.3 Å². The zero-order valence-corrected chi connectivity index (χ0v) is 13.7. The van der Waals surface area contributed by atoms with Gasteiger partial charge in [-0.2, -0.15) is 0 Å². The number of carbonyl (C=O) groups is 1. The normalized spacial score (nSPS) is 17.5. The summed E-state index contributed by atoms with van der Waals surface area (Å²) in [6.45, 7) is 6.93. The lowest BCUT2D eigenvalue weighted by Crippen LogP contribution is -2.32. The first-order valence-corrected chi connectivity index (χ1v) is 7.83. The summed E-state index contributed by atoms with van der Waals surface area (Å²) in [7, 11) is 0. The highest BCUT2D eigenvalue weighted by Crippen LogP contribution is 2.19. The smallest absolute Gasteiger partial charge is 0.227 e. The summed E-state index contributed by atoms with van der Waals surface area (Å²) in [4.78, 5) is 18.6. The Labute approximate surface area is 135 Å². The molecule has 1 aliphatic rings. The lowest BCUT2D eigenvalue weighted by atomic mass is 10.1. The molecule has 0 saturated carbocycles. The van der Waals surface area contributed by atoms with Gasteiger partial charge in [0.1, 0.15) is 11.9 Å². The van der Waals surface area contributed by atoms with Crippen molar-refractivity contribution in [2.75, 3.05) is 13.1 Å². The van der Waals surface area contributed by atoms with Crippen LogP contribution in [0, 0.1) is 20.8 Å². The van der Waals surface area contributed by atoms with Crippen LogP contribution in [0.4, 0.5) is 0 Å². The number of aryl methyl sites for hydroxylation is 3.